The van der Waals surface area contributed by atoms with Crippen molar-refractivity contribution in [1.29, 1.82) is 0 Å². The lowest BCUT2D eigenvalue weighted by Gasteiger charge is -2.15. The van der Waals surface area contributed by atoms with E-state index in [9.17, 15) is 14.4 Å². The smallest absolute Gasteiger partial charge is 0.313 e. The van der Waals surface area contributed by atoms with Crippen LogP contribution in [-0.4, -0.2) is 31.1 Å². The van der Waals surface area contributed by atoms with Crippen LogP contribution in [0.25, 0.3) is 0 Å². The largest absolute Gasteiger partial charge is 0.455 e. The first kappa shape index (κ1) is 19.4. The average molecular weight is 383 g/mol. The van der Waals surface area contributed by atoms with Crippen molar-refractivity contribution < 1.29 is 28.6 Å². The molecular weight excluding hydrogens is 362 g/mol. The highest BCUT2D eigenvalue weighted by Gasteiger charge is 2.23. The van der Waals surface area contributed by atoms with Crippen LogP contribution in [0.3, 0.4) is 0 Å². The first-order valence-corrected chi connectivity index (χ1v) is 8.95. The molecule has 2 aromatic rings. The van der Waals surface area contributed by atoms with Gasteiger partial charge in [0.25, 0.3) is 5.91 Å². The molecule has 1 N–H and O–H groups in total. The molecule has 7 heteroatoms. The number of nitrogens with one attached hydrogen (secondary N) is 1. The molecule has 0 aromatic heterocycles. The minimum absolute atomic E-state index is 0.0551. The number of carbonyl (C=O) groups excluding carboxylic acids is 3. The highest BCUT2D eigenvalue weighted by atomic mass is 16.7. The number of anilines is 1. The molecule has 0 bridgehead atoms. The summed E-state index contributed by atoms with van der Waals surface area (Å²) in [4.78, 5) is 36.5. The number of rotatable bonds is 7. The number of hydrogen-bond acceptors (Lipinski definition) is 6. The Balaban J connectivity index is 1.64. The quantitative estimate of drug-likeness (QED) is 0.583. The monoisotopic (exact) mass is 383 g/mol. The number of fused-ring (bicyclic) bond motifs is 1. The van der Waals surface area contributed by atoms with Gasteiger partial charge in [-0.3, -0.25) is 14.4 Å². The number of carbonyl (C=O) groups is 3. The van der Waals surface area contributed by atoms with Gasteiger partial charge in [-0.25, -0.2) is 0 Å². The second-order valence-electron chi connectivity index (χ2n) is 6.33. The molecule has 0 unspecified atom stereocenters. The highest BCUT2D eigenvalue weighted by Crippen LogP contribution is 2.37. The van der Waals surface area contributed by atoms with E-state index in [1.807, 2.05) is 37.3 Å². The van der Waals surface area contributed by atoms with Gasteiger partial charge in [0, 0.05) is 11.6 Å². The lowest BCUT2D eigenvalue weighted by molar-refractivity contribution is -0.149. The number of amides is 1. The fraction of sp³-hybridized carbons (Fsp3) is 0.286. The molecule has 0 fully saturated rings. The Morgan fingerprint density at radius 1 is 1.11 bits per heavy atom. The van der Waals surface area contributed by atoms with E-state index < -0.39 is 24.4 Å². The summed E-state index contributed by atoms with van der Waals surface area (Å²) in [5, 5.41) is 2.60. The number of ether oxygens (including phenoxy) is 3. The minimum Gasteiger partial charge on any atom is -0.455 e. The number of Topliss-reactive ketones (excluding diaryl/α,β-unsaturated/α-hetero) is 1. The molecule has 1 aliphatic heterocycles. The van der Waals surface area contributed by atoms with Crippen LogP contribution in [0.5, 0.6) is 11.5 Å². The van der Waals surface area contributed by atoms with Crippen LogP contribution >= 0.6 is 0 Å². The maximum absolute atomic E-state index is 12.4. The van der Waals surface area contributed by atoms with Crippen LogP contribution < -0.4 is 14.8 Å². The fourth-order valence-corrected chi connectivity index (χ4v) is 2.98. The van der Waals surface area contributed by atoms with E-state index in [0.717, 1.165) is 5.56 Å². The van der Waals surface area contributed by atoms with Gasteiger partial charge >= 0.3 is 5.97 Å². The molecule has 1 heterocycles. The molecule has 3 rings (SSSR count). The maximum atomic E-state index is 12.4. The lowest BCUT2D eigenvalue weighted by atomic mass is 9.97. The second-order valence-corrected chi connectivity index (χ2v) is 6.33. The van der Waals surface area contributed by atoms with Gasteiger partial charge in [-0.1, -0.05) is 37.3 Å². The van der Waals surface area contributed by atoms with Gasteiger partial charge in [0.1, 0.15) is 0 Å². The summed E-state index contributed by atoms with van der Waals surface area (Å²) in [6.07, 6.45) is 0.557. The van der Waals surface area contributed by atoms with Gasteiger partial charge in [-0.15, -0.1) is 0 Å². The summed E-state index contributed by atoms with van der Waals surface area (Å²) >= 11 is 0. The van der Waals surface area contributed by atoms with E-state index in [-0.39, 0.29) is 18.3 Å². The SMILES string of the molecule is CC[C@H](C(=O)OCC(=O)Nc1cc2c(cc1C(C)=O)OCO2)c1ccccc1. The summed E-state index contributed by atoms with van der Waals surface area (Å²) < 4.78 is 15.7. The minimum atomic E-state index is -0.544. The van der Waals surface area contributed by atoms with Gasteiger partial charge in [-0.2, -0.15) is 0 Å². The van der Waals surface area contributed by atoms with Crippen molar-refractivity contribution in [2.45, 2.75) is 26.2 Å². The van der Waals surface area contributed by atoms with Gasteiger partial charge in [0.05, 0.1) is 11.6 Å². The van der Waals surface area contributed by atoms with Crippen LogP contribution in [0.1, 0.15) is 42.1 Å². The van der Waals surface area contributed by atoms with Crippen molar-refractivity contribution in [1.82, 2.24) is 0 Å². The zero-order valence-electron chi connectivity index (χ0n) is 15.7. The number of hydrogen-bond donors (Lipinski definition) is 1. The Hall–Kier alpha value is -3.35. The first-order valence-electron chi connectivity index (χ1n) is 8.95. The third kappa shape index (κ3) is 4.31. The molecule has 7 nitrogen and oxygen atoms in total. The van der Waals surface area contributed by atoms with Gasteiger partial charge < -0.3 is 19.5 Å². The molecule has 28 heavy (non-hydrogen) atoms. The molecule has 1 atom stereocenters. The summed E-state index contributed by atoms with van der Waals surface area (Å²) in [5.74, 6) is -0.803. The second kappa shape index (κ2) is 8.56. The standard InChI is InChI=1S/C21H21NO6/c1-3-15(14-7-5-4-6-8-14)21(25)26-11-20(24)22-17-10-19-18(27-12-28-19)9-16(17)13(2)23/h4-10,15H,3,11-12H2,1-2H3,(H,22,24)/t15-/m0/s1. The summed E-state index contributed by atoms with van der Waals surface area (Å²) in [7, 11) is 0. The van der Waals surface area contributed by atoms with E-state index in [4.69, 9.17) is 14.2 Å². The molecule has 0 saturated heterocycles. The number of benzene rings is 2. The van der Waals surface area contributed by atoms with Crippen molar-refractivity contribution in [3.8, 4) is 11.5 Å². The lowest BCUT2D eigenvalue weighted by Crippen LogP contribution is -2.24. The molecule has 0 aliphatic carbocycles. The van der Waals surface area contributed by atoms with Gasteiger partial charge in [-0.05, 0) is 25.0 Å². The van der Waals surface area contributed by atoms with Crippen LogP contribution in [0, 0.1) is 0 Å². The first-order chi connectivity index (χ1) is 13.5. The Labute approximate surface area is 162 Å². The molecule has 0 spiro atoms. The van der Waals surface area contributed by atoms with Crippen LogP contribution in [0.15, 0.2) is 42.5 Å². The highest BCUT2D eigenvalue weighted by molar-refractivity contribution is 6.05. The summed E-state index contributed by atoms with van der Waals surface area (Å²) in [6.45, 7) is 2.87. The van der Waals surface area contributed by atoms with Crippen molar-refractivity contribution in [2.24, 2.45) is 0 Å². The Kier molecular flexibility index (Phi) is 5.93. The molecule has 1 amide bonds. The Morgan fingerprint density at radius 3 is 2.43 bits per heavy atom. The number of esters is 1. The van der Waals surface area contributed by atoms with E-state index >= 15 is 0 Å². The van der Waals surface area contributed by atoms with E-state index in [1.54, 1.807) is 0 Å². The van der Waals surface area contributed by atoms with E-state index in [1.165, 1.54) is 19.1 Å². The Bertz CT molecular complexity index is 893. The van der Waals surface area contributed by atoms with Crippen LogP contribution in [-0.2, 0) is 14.3 Å². The molecule has 0 radical (unpaired) electrons. The third-order valence-corrected chi connectivity index (χ3v) is 4.41. The van der Waals surface area contributed by atoms with Gasteiger partial charge in [0.15, 0.2) is 23.9 Å². The van der Waals surface area contributed by atoms with Gasteiger partial charge in [0.2, 0.25) is 6.79 Å². The zero-order chi connectivity index (χ0) is 20.1. The maximum Gasteiger partial charge on any atom is 0.313 e. The topological polar surface area (TPSA) is 90.9 Å². The van der Waals surface area contributed by atoms with Crippen molar-refractivity contribution >= 4 is 23.3 Å². The Morgan fingerprint density at radius 2 is 1.79 bits per heavy atom. The van der Waals surface area contributed by atoms with Crippen molar-refractivity contribution in [3.05, 3.63) is 53.6 Å². The summed E-state index contributed by atoms with van der Waals surface area (Å²) in [6, 6.07) is 12.3. The number of ketones is 1. The molecule has 0 saturated carbocycles. The third-order valence-electron chi connectivity index (χ3n) is 4.41. The molecular formula is C21H21NO6. The van der Waals surface area contributed by atoms with E-state index in [2.05, 4.69) is 5.32 Å². The van der Waals surface area contributed by atoms with E-state index in [0.29, 0.717) is 23.5 Å². The predicted octanol–water partition coefficient (Wildman–Crippen LogP) is 3.29. The molecule has 146 valence electrons. The zero-order valence-corrected chi connectivity index (χ0v) is 15.7. The normalized spacial score (nSPS) is 12.9. The molecule has 1 aliphatic rings. The summed E-state index contributed by atoms with van der Waals surface area (Å²) in [5.41, 5.74) is 1.41. The molecule has 2 aromatic carbocycles. The van der Waals surface area contributed by atoms with Crippen molar-refractivity contribution in [3.63, 3.8) is 0 Å². The van der Waals surface area contributed by atoms with Crippen LogP contribution in [0.2, 0.25) is 0 Å². The fourth-order valence-electron chi connectivity index (χ4n) is 2.98. The van der Waals surface area contributed by atoms with Crippen molar-refractivity contribution in [2.75, 3.05) is 18.7 Å². The predicted molar refractivity (Wildman–Crippen MR) is 102 cm³/mol. The average Bonchev–Trinajstić information content (AvgIpc) is 3.14. The van der Waals surface area contributed by atoms with Crippen LogP contribution in [0.4, 0.5) is 5.69 Å².